The zero-order valence-electron chi connectivity index (χ0n) is 16.6. The number of phenolic OH excluding ortho intramolecular Hbond substituents is 1. The summed E-state index contributed by atoms with van der Waals surface area (Å²) in [5, 5.41) is 10.6. The van der Waals surface area contributed by atoms with E-state index in [1.165, 1.54) is 16.7 Å². The predicted octanol–water partition coefficient (Wildman–Crippen LogP) is 3.03. The van der Waals surface area contributed by atoms with E-state index in [0.717, 1.165) is 44.2 Å². The number of rotatable bonds is 0. The summed E-state index contributed by atoms with van der Waals surface area (Å²) >= 11 is 0. The lowest BCUT2D eigenvalue weighted by atomic mass is 9.47. The largest absolute Gasteiger partial charge is 0.504 e. The Kier molecular flexibility index (Phi) is 2.86. The third-order valence-corrected chi connectivity index (χ3v) is 8.94. The molecule has 4 nitrogen and oxygen atoms in total. The Balaban J connectivity index is 1.44. The summed E-state index contributed by atoms with van der Waals surface area (Å²) in [4.78, 5) is 16.6. The lowest BCUT2D eigenvalue weighted by Crippen LogP contribution is -2.69. The molecular formula is C25H25NO3. The number of nitrogens with zero attached hydrogens (tertiary/aromatic N) is 1. The first-order chi connectivity index (χ1) is 14.0. The molecule has 2 aliphatic heterocycles. The van der Waals surface area contributed by atoms with Crippen molar-refractivity contribution >= 4 is 5.78 Å². The Labute approximate surface area is 170 Å². The van der Waals surface area contributed by atoms with Crippen LogP contribution in [0.1, 0.15) is 35.1 Å². The van der Waals surface area contributed by atoms with Crippen molar-refractivity contribution in [3.8, 4) is 11.5 Å². The van der Waals surface area contributed by atoms with Gasteiger partial charge >= 0.3 is 0 Å². The van der Waals surface area contributed by atoms with Gasteiger partial charge in [0.15, 0.2) is 23.4 Å². The smallest absolute Gasteiger partial charge is 0.181 e. The molecule has 1 saturated heterocycles. The van der Waals surface area contributed by atoms with Crippen LogP contribution >= 0.6 is 0 Å². The SMILES string of the molecule is CN1CCC23c4c5ccc(O)c4O[C@H]2C(=O)C2(Cc4ccccc4C2)CC3C1C5. The van der Waals surface area contributed by atoms with Crippen molar-refractivity contribution in [2.45, 2.75) is 49.7 Å². The van der Waals surface area contributed by atoms with E-state index in [4.69, 9.17) is 4.74 Å². The highest BCUT2D eigenvalue weighted by atomic mass is 16.5. The maximum Gasteiger partial charge on any atom is 0.181 e. The van der Waals surface area contributed by atoms with Crippen LogP contribution in [0.25, 0.3) is 0 Å². The Morgan fingerprint density at radius 1 is 1.10 bits per heavy atom. The summed E-state index contributed by atoms with van der Waals surface area (Å²) in [7, 11) is 2.24. The van der Waals surface area contributed by atoms with Crippen molar-refractivity contribution < 1.29 is 14.6 Å². The number of fused-ring (bicyclic) bond motifs is 1. The van der Waals surface area contributed by atoms with Gasteiger partial charge in [-0.15, -0.1) is 0 Å². The average Bonchev–Trinajstić information content (AvgIpc) is 3.26. The molecule has 2 aromatic rings. The number of phenols is 1. The second-order valence-corrected chi connectivity index (χ2v) is 10.1. The quantitative estimate of drug-likeness (QED) is 0.755. The summed E-state index contributed by atoms with van der Waals surface area (Å²) in [6.07, 6.45) is 4.07. The summed E-state index contributed by atoms with van der Waals surface area (Å²) in [6, 6.07) is 12.8. The van der Waals surface area contributed by atoms with Crippen LogP contribution < -0.4 is 4.74 Å². The molecule has 3 aliphatic carbocycles. The lowest BCUT2D eigenvalue weighted by molar-refractivity contribution is -0.154. The number of Topliss-reactive ketones (excluding diaryl/α,β-unsaturated/α-hetero) is 1. The van der Waals surface area contributed by atoms with E-state index in [0.29, 0.717) is 17.7 Å². The van der Waals surface area contributed by atoms with E-state index < -0.39 is 6.10 Å². The van der Waals surface area contributed by atoms with Crippen LogP contribution in [0.2, 0.25) is 0 Å². The molecule has 3 unspecified atom stereocenters. The summed E-state index contributed by atoms with van der Waals surface area (Å²) < 4.78 is 6.42. The summed E-state index contributed by atoms with van der Waals surface area (Å²) in [5.74, 6) is 1.46. The van der Waals surface area contributed by atoms with Gasteiger partial charge in [-0.05, 0) is 74.4 Å². The molecule has 0 aromatic heterocycles. The number of ketones is 1. The molecule has 0 radical (unpaired) electrons. The molecule has 2 bridgehead atoms. The number of aromatic hydroxyl groups is 1. The van der Waals surface area contributed by atoms with E-state index in [-0.39, 0.29) is 22.4 Å². The number of likely N-dealkylation sites (N-methyl/N-ethyl adjacent to an activating group) is 1. The first-order valence-corrected chi connectivity index (χ1v) is 10.9. The number of carbonyl (C=O) groups is 1. The molecule has 2 fully saturated rings. The predicted molar refractivity (Wildman–Crippen MR) is 108 cm³/mol. The molecule has 1 saturated carbocycles. The minimum Gasteiger partial charge on any atom is -0.504 e. The molecule has 1 N–H and O–H groups in total. The Morgan fingerprint density at radius 2 is 1.86 bits per heavy atom. The second kappa shape index (κ2) is 5.04. The van der Waals surface area contributed by atoms with Crippen LogP contribution in [0.5, 0.6) is 11.5 Å². The van der Waals surface area contributed by atoms with Crippen LogP contribution in [0.15, 0.2) is 36.4 Å². The van der Waals surface area contributed by atoms with Crippen LogP contribution in [0.3, 0.4) is 0 Å². The highest BCUT2D eigenvalue weighted by Gasteiger charge is 2.70. The zero-order chi connectivity index (χ0) is 19.5. The van der Waals surface area contributed by atoms with Gasteiger partial charge in [0.2, 0.25) is 0 Å². The molecular weight excluding hydrogens is 362 g/mol. The molecule has 2 aromatic carbocycles. The molecule has 7 rings (SSSR count). The molecule has 5 aliphatic rings. The molecule has 0 amide bonds. The fraction of sp³-hybridized carbons (Fsp3) is 0.480. The van der Waals surface area contributed by atoms with Gasteiger partial charge in [0.05, 0.1) is 0 Å². The van der Waals surface area contributed by atoms with Crippen molar-refractivity contribution in [1.82, 2.24) is 4.90 Å². The number of hydrogen-bond donors (Lipinski definition) is 1. The number of benzene rings is 2. The average molecular weight is 387 g/mol. The minimum atomic E-state index is -0.450. The summed E-state index contributed by atoms with van der Waals surface area (Å²) in [5.41, 5.74) is 4.47. The minimum absolute atomic E-state index is 0.195. The monoisotopic (exact) mass is 387 g/mol. The number of piperidine rings is 1. The zero-order valence-corrected chi connectivity index (χ0v) is 16.6. The van der Waals surface area contributed by atoms with E-state index in [9.17, 15) is 9.90 Å². The number of hydrogen-bond acceptors (Lipinski definition) is 4. The highest BCUT2D eigenvalue weighted by Crippen LogP contribution is 2.66. The fourth-order valence-corrected chi connectivity index (χ4v) is 7.71. The Bertz CT molecular complexity index is 1070. The Morgan fingerprint density at radius 3 is 2.62 bits per heavy atom. The van der Waals surface area contributed by atoms with Crippen molar-refractivity contribution in [3.05, 3.63) is 58.7 Å². The third kappa shape index (κ3) is 1.75. The Hall–Kier alpha value is -2.33. The van der Waals surface area contributed by atoms with Gasteiger partial charge in [-0.1, -0.05) is 30.3 Å². The van der Waals surface area contributed by atoms with Crippen LogP contribution in [-0.4, -0.2) is 41.5 Å². The van der Waals surface area contributed by atoms with Crippen LogP contribution in [0.4, 0.5) is 0 Å². The van der Waals surface area contributed by atoms with Gasteiger partial charge in [0.1, 0.15) is 0 Å². The number of likely N-dealkylation sites (tertiary alicyclic amines) is 1. The molecule has 4 heteroatoms. The molecule has 4 atom stereocenters. The van der Waals surface area contributed by atoms with Gasteiger partial charge in [0, 0.05) is 22.4 Å². The van der Waals surface area contributed by atoms with Crippen molar-refractivity contribution in [1.29, 1.82) is 0 Å². The van der Waals surface area contributed by atoms with E-state index in [1.807, 2.05) is 0 Å². The van der Waals surface area contributed by atoms with E-state index in [1.54, 1.807) is 6.07 Å². The first kappa shape index (κ1) is 16.5. The van der Waals surface area contributed by atoms with Gasteiger partial charge in [-0.3, -0.25) is 4.79 Å². The third-order valence-electron chi connectivity index (χ3n) is 8.94. The standard InChI is InChI=1S/C25H25NO3/c1-26-9-8-25-17-13-24(11-15-4-2-3-5-16(15)12-24)22(28)23(25)29-21-19(27)7-6-14(20(21)25)10-18(17)26/h2-7,17-18,23,27H,8-13H2,1H3/t17?,18?,23-,25?/m0/s1. The van der Waals surface area contributed by atoms with Gasteiger partial charge in [0.25, 0.3) is 0 Å². The van der Waals surface area contributed by atoms with Crippen molar-refractivity contribution in [2.75, 3.05) is 13.6 Å². The highest BCUT2D eigenvalue weighted by molar-refractivity contribution is 5.95. The van der Waals surface area contributed by atoms with Crippen molar-refractivity contribution in [3.63, 3.8) is 0 Å². The van der Waals surface area contributed by atoms with E-state index in [2.05, 4.69) is 42.3 Å². The van der Waals surface area contributed by atoms with Gasteiger partial charge in [-0.2, -0.15) is 0 Å². The van der Waals surface area contributed by atoms with Gasteiger partial charge < -0.3 is 14.7 Å². The normalized spacial score (nSPS) is 35.3. The van der Waals surface area contributed by atoms with Crippen LogP contribution in [0, 0.1) is 11.3 Å². The lowest BCUT2D eigenvalue weighted by Gasteiger charge is -2.60. The van der Waals surface area contributed by atoms with Gasteiger partial charge in [-0.25, -0.2) is 0 Å². The molecule has 2 heterocycles. The summed E-state index contributed by atoms with van der Waals surface area (Å²) in [6.45, 7) is 0.982. The topological polar surface area (TPSA) is 49.8 Å². The fourth-order valence-electron chi connectivity index (χ4n) is 7.71. The first-order valence-electron chi connectivity index (χ1n) is 10.9. The number of ether oxygens (including phenoxy) is 1. The van der Waals surface area contributed by atoms with E-state index >= 15 is 0 Å². The molecule has 2 spiro atoms. The maximum atomic E-state index is 14.1. The van der Waals surface area contributed by atoms with Crippen molar-refractivity contribution in [2.24, 2.45) is 11.3 Å². The molecule has 148 valence electrons. The van der Waals surface area contributed by atoms with Crippen LogP contribution in [-0.2, 0) is 29.5 Å². The second-order valence-electron chi connectivity index (χ2n) is 10.1. The molecule has 29 heavy (non-hydrogen) atoms. The maximum absolute atomic E-state index is 14.1. The number of carbonyl (C=O) groups excluding carboxylic acids is 1.